The fraction of sp³-hybridized carbons (Fsp3) is 0.214. The minimum Gasteiger partial charge on any atom is -0.340 e. The van der Waals surface area contributed by atoms with Gasteiger partial charge in [0.2, 0.25) is 0 Å². The molecule has 1 aromatic carbocycles. The van der Waals surface area contributed by atoms with Gasteiger partial charge in [-0.2, -0.15) is 4.99 Å². The summed E-state index contributed by atoms with van der Waals surface area (Å²) in [6.45, 7) is 1.59. The number of carbonyl (C=O) groups excluding carboxylic acids is 2. The zero-order valence-corrected chi connectivity index (χ0v) is 13.1. The molecule has 7 heteroatoms. The molecule has 0 aliphatic carbocycles. The SMILES string of the molecule is CC(NC(=O)c1ccccc1Cl)C(=O)N=c1sccn1C. The van der Waals surface area contributed by atoms with Crippen molar-refractivity contribution in [3.63, 3.8) is 0 Å². The van der Waals surface area contributed by atoms with E-state index >= 15 is 0 Å². The van der Waals surface area contributed by atoms with Gasteiger partial charge in [0.1, 0.15) is 6.04 Å². The van der Waals surface area contributed by atoms with Gasteiger partial charge in [0.25, 0.3) is 11.8 Å². The van der Waals surface area contributed by atoms with Crippen molar-refractivity contribution in [2.45, 2.75) is 13.0 Å². The van der Waals surface area contributed by atoms with Gasteiger partial charge in [-0.25, -0.2) is 0 Å². The van der Waals surface area contributed by atoms with Gasteiger partial charge in [-0.3, -0.25) is 9.59 Å². The molecule has 1 atom stereocenters. The molecule has 0 aliphatic heterocycles. The van der Waals surface area contributed by atoms with E-state index in [2.05, 4.69) is 10.3 Å². The van der Waals surface area contributed by atoms with Crippen LogP contribution in [0.25, 0.3) is 0 Å². The Balaban J connectivity index is 2.10. The number of thiazole rings is 1. The molecule has 5 nitrogen and oxygen atoms in total. The van der Waals surface area contributed by atoms with Crippen LogP contribution in [0, 0.1) is 0 Å². The number of halogens is 1. The van der Waals surface area contributed by atoms with Gasteiger partial charge in [0.05, 0.1) is 10.6 Å². The molecule has 2 rings (SSSR count). The van der Waals surface area contributed by atoms with Crippen LogP contribution in [-0.2, 0) is 11.8 Å². The quantitative estimate of drug-likeness (QED) is 0.938. The number of hydrogen-bond acceptors (Lipinski definition) is 3. The Labute approximate surface area is 130 Å². The summed E-state index contributed by atoms with van der Waals surface area (Å²) >= 11 is 7.30. The number of amides is 2. The first-order chi connectivity index (χ1) is 9.99. The number of aryl methyl sites for hydroxylation is 1. The normalized spacial score (nSPS) is 13.0. The van der Waals surface area contributed by atoms with Crippen molar-refractivity contribution in [3.05, 3.63) is 51.2 Å². The highest BCUT2D eigenvalue weighted by atomic mass is 35.5. The van der Waals surface area contributed by atoms with Crippen molar-refractivity contribution in [2.75, 3.05) is 0 Å². The lowest BCUT2D eigenvalue weighted by atomic mass is 10.2. The highest BCUT2D eigenvalue weighted by molar-refractivity contribution is 7.07. The lowest BCUT2D eigenvalue weighted by molar-refractivity contribution is -0.119. The lowest BCUT2D eigenvalue weighted by Gasteiger charge is -2.10. The Morgan fingerprint density at radius 2 is 2.10 bits per heavy atom. The molecule has 0 saturated heterocycles. The number of benzene rings is 1. The Hall–Kier alpha value is -1.92. The number of carbonyl (C=O) groups is 2. The molecule has 0 bridgehead atoms. The van der Waals surface area contributed by atoms with E-state index in [-0.39, 0.29) is 0 Å². The van der Waals surface area contributed by atoms with E-state index in [0.29, 0.717) is 15.4 Å². The molecule has 1 unspecified atom stereocenters. The van der Waals surface area contributed by atoms with Gasteiger partial charge < -0.3 is 9.88 Å². The zero-order valence-electron chi connectivity index (χ0n) is 11.5. The van der Waals surface area contributed by atoms with E-state index in [9.17, 15) is 9.59 Å². The van der Waals surface area contributed by atoms with Crippen molar-refractivity contribution >= 4 is 34.8 Å². The predicted molar refractivity (Wildman–Crippen MR) is 82.2 cm³/mol. The van der Waals surface area contributed by atoms with Crippen LogP contribution in [-0.4, -0.2) is 22.4 Å². The molecular formula is C14H14ClN3O2S. The highest BCUT2D eigenvalue weighted by Gasteiger charge is 2.17. The molecule has 2 amide bonds. The summed E-state index contributed by atoms with van der Waals surface area (Å²) in [6.07, 6.45) is 1.81. The zero-order chi connectivity index (χ0) is 15.4. The average molecular weight is 324 g/mol. The number of hydrogen-bond donors (Lipinski definition) is 1. The Kier molecular flexibility index (Phi) is 4.93. The number of nitrogens with one attached hydrogen (secondary N) is 1. The molecule has 110 valence electrons. The maximum atomic E-state index is 12.1. The van der Waals surface area contributed by atoms with Crippen LogP contribution in [0.5, 0.6) is 0 Å². The standard InChI is InChI=1S/C14H14ClN3O2S/c1-9(12(19)17-14-18(2)7-8-21-14)16-13(20)10-5-3-4-6-11(10)15/h3-9H,1-2H3,(H,16,20). The Morgan fingerprint density at radius 3 is 2.71 bits per heavy atom. The highest BCUT2D eigenvalue weighted by Crippen LogP contribution is 2.14. The van der Waals surface area contributed by atoms with Gasteiger partial charge in [-0.05, 0) is 19.1 Å². The number of rotatable bonds is 3. The van der Waals surface area contributed by atoms with E-state index in [4.69, 9.17) is 11.6 Å². The first-order valence-corrected chi connectivity index (χ1v) is 7.49. The molecule has 0 aliphatic rings. The van der Waals surface area contributed by atoms with Gasteiger partial charge in [0, 0.05) is 18.6 Å². The van der Waals surface area contributed by atoms with Gasteiger partial charge in [0.15, 0.2) is 4.80 Å². The lowest BCUT2D eigenvalue weighted by Crippen LogP contribution is -2.38. The third-order valence-corrected chi connectivity index (χ3v) is 3.98. The Bertz CT molecular complexity index is 736. The van der Waals surface area contributed by atoms with Crippen molar-refractivity contribution in [2.24, 2.45) is 12.0 Å². The fourth-order valence-electron chi connectivity index (χ4n) is 1.61. The van der Waals surface area contributed by atoms with Crippen LogP contribution in [0.3, 0.4) is 0 Å². The summed E-state index contributed by atoms with van der Waals surface area (Å²) in [5.74, 6) is -0.805. The molecule has 1 heterocycles. The van der Waals surface area contributed by atoms with Gasteiger partial charge in [-0.1, -0.05) is 23.7 Å². The number of aromatic nitrogens is 1. The summed E-state index contributed by atoms with van der Waals surface area (Å²) in [7, 11) is 1.80. The van der Waals surface area contributed by atoms with Crippen LogP contribution in [0.4, 0.5) is 0 Å². The molecule has 0 saturated carbocycles. The summed E-state index contributed by atoms with van der Waals surface area (Å²) in [5, 5.41) is 4.77. The average Bonchev–Trinajstić information content (AvgIpc) is 2.84. The second kappa shape index (κ2) is 6.69. The topological polar surface area (TPSA) is 63.5 Å². The third kappa shape index (κ3) is 3.80. The van der Waals surface area contributed by atoms with Crippen LogP contribution < -0.4 is 10.1 Å². The van der Waals surface area contributed by atoms with Gasteiger partial charge in [-0.15, -0.1) is 11.3 Å². The third-order valence-electron chi connectivity index (χ3n) is 2.80. The van der Waals surface area contributed by atoms with Crippen LogP contribution in [0.15, 0.2) is 40.8 Å². The molecule has 2 aromatic rings. The van der Waals surface area contributed by atoms with Crippen molar-refractivity contribution in [3.8, 4) is 0 Å². The molecular weight excluding hydrogens is 310 g/mol. The molecule has 21 heavy (non-hydrogen) atoms. The summed E-state index contributed by atoms with van der Waals surface area (Å²) < 4.78 is 1.74. The minimum absolute atomic E-state index is 0.334. The number of nitrogens with zero attached hydrogens (tertiary/aromatic N) is 2. The summed E-state index contributed by atoms with van der Waals surface area (Å²) in [5.41, 5.74) is 0.334. The maximum Gasteiger partial charge on any atom is 0.270 e. The van der Waals surface area contributed by atoms with Crippen molar-refractivity contribution in [1.82, 2.24) is 9.88 Å². The smallest absolute Gasteiger partial charge is 0.270 e. The van der Waals surface area contributed by atoms with Gasteiger partial charge >= 0.3 is 0 Å². The molecule has 0 radical (unpaired) electrons. The second-order valence-corrected chi connectivity index (χ2v) is 5.70. The predicted octanol–water partition coefficient (Wildman–Crippen LogP) is 1.99. The monoisotopic (exact) mass is 323 g/mol. The van der Waals surface area contributed by atoms with E-state index in [1.165, 1.54) is 11.3 Å². The van der Waals surface area contributed by atoms with Crippen LogP contribution in [0.1, 0.15) is 17.3 Å². The minimum atomic E-state index is -0.726. The van der Waals surface area contributed by atoms with E-state index in [1.54, 1.807) is 42.8 Å². The van der Waals surface area contributed by atoms with Crippen LogP contribution in [0.2, 0.25) is 5.02 Å². The fourth-order valence-corrected chi connectivity index (χ4v) is 2.56. The molecule has 0 spiro atoms. The van der Waals surface area contributed by atoms with E-state index in [1.807, 2.05) is 11.6 Å². The van der Waals surface area contributed by atoms with Crippen LogP contribution >= 0.6 is 22.9 Å². The molecule has 1 N–H and O–H groups in total. The largest absolute Gasteiger partial charge is 0.340 e. The molecule has 1 aromatic heterocycles. The first-order valence-electron chi connectivity index (χ1n) is 6.23. The van der Waals surface area contributed by atoms with E-state index < -0.39 is 17.9 Å². The van der Waals surface area contributed by atoms with Crippen molar-refractivity contribution in [1.29, 1.82) is 0 Å². The summed E-state index contributed by atoms with van der Waals surface area (Å²) in [4.78, 5) is 28.6. The maximum absolute atomic E-state index is 12.1. The Morgan fingerprint density at radius 1 is 1.38 bits per heavy atom. The summed E-state index contributed by atoms with van der Waals surface area (Å²) in [6, 6.07) is 5.95. The van der Waals surface area contributed by atoms with E-state index in [0.717, 1.165) is 0 Å². The first kappa shape index (κ1) is 15.5. The molecule has 0 fully saturated rings. The second-order valence-electron chi connectivity index (χ2n) is 4.42. The van der Waals surface area contributed by atoms with Crippen molar-refractivity contribution < 1.29 is 9.59 Å².